The lowest BCUT2D eigenvalue weighted by Crippen LogP contribution is -2.23. The first-order chi connectivity index (χ1) is 9.28. The third kappa shape index (κ3) is 4.40. The number of rotatable bonds is 5. The fraction of sp³-hybridized carbons (Fsp3) is 0.500. The van der Waals surface area contributed by atoms with E-state index in [1.54, 1.807) is 0 Å². The highest BCUT2D eigenvalue weighted by Crippen LogP contribution is 2.19. The molecule has 1 aromatic rings. The van der Waals surface area contributed by atoms with E-state index in [-0.39, 0.29) is 12.1 Å². The van der Waals surface area contributed by atoms with Gasteiger partial charge in [0.2, 0.25) is 0 Å². The van der Waals surface area contributed by atoms with Crippen molar-refractivity contribution in [2.45, 2.75) is 51.0 Å². The molecule has 3 heteroatoms. The molecule has 1 heterocycles. The van der Waals surface area contributed by atoms with Crippen LogP contribution in [0.1, 0.15) is 49.7 Å². The van der Waals surface area contributed by atoms with Gasteiger partial charge in [0.15, 0.2) is 0 Å². The summed E-state index contributed by atoms with van der Waals surface area (Å²) in [5, 5.41) is 8.72. The van der Waals surface area contributed by atoms with E-state index >= 15 is 0 Å². The number of esters is 1. The third-order valence-corrected chi connectivity index (χ3v) is 3.53. The van der Waals surface area contributed by atoms with Crippen molar-refractivity contribution in [3.8, 4) is 6.07 Å². The number of hydrogen-bond donors (Lipinski definition) is 0. The molecule has 1 saturated heterocycles. The van der Waals surface area contributed by atoms with Crippen molar-refractivity contribution in [1.29, 1.82) is 5.26 Å². The van der Waals surface area contributed by atoms with Crippen molar-refractivity contribution in [2.24, 2.45) is 0 Å². The quantitative estimate of drug-likeness (QED) is 0.600. The normalized spacial score (nSPS) is 18.7. The number of benzene rings is 1. The van der Waals surface area contributed by atoms with Crippen LogP contribution in [0.4, 0.5) is 0 Å². The highest BCUT2D eigenvalue weighted by molar-refractivity contribution is 5.70. The minimum atomic E-state index is -0.0386. The molecule has 1 aliphatic heterocycles. The first-order valence-electron chi connectivity index (χ1n) is 6.96. The zero-order chi connectivity index (χ0) is 13.5. The van der Waals surface area contributed by atoms with Gasteiger partial charge >= 0.3 is 5.97 Å². The van der Waals surface area contributed by atoms with Gasteiger partial charge in [-0.2, -0.15) is 5.26 Å². The molecule has 0 aromatic heterocycles. The van der Waals surface area contributed by atoms with Crippen LogP contribution in [-0.4, -0.2) is 12.1 Å². The van der Waals surface area contributed by atoms with Crippen LogP contribution in [-0.2, 0) is 16.0 Å². The van der Waals surface area contributed by atoms with Gasteiger partial charge in [-0.25, -0.2) is 0 Å². The molecule has 1 unspecified atom stereocenters. The van der Waals surface area contributed by atoms with Crippen LogP contribution in [0.3, 0.4) is 0 Å². The van der Waals surface area contributed by atoms with Crippen LogP contribution >= 0.6 is 0 Å². The summed E-state index contributed by atoms with van der Waals surface area (Å²) in [4.78, 5) is 11.1. The van der Waals surface area contributed by atoms with Crippen LogP contribution < -0.4 is 0 Å². The highest BCUT2D eigenvalue weighted by atomic mass is 16.5. The maximum Gasteiger partial charge on any atom is 0.306 e. The lowest BCUT2D eigenvalue weighted by atomic mass is 10.0. The third-order valence-electron chi connectivity index (χ3n) is 3.53. The van der Waals surface area contributed by atoms with Crippen LogP contribution in [0.5, 0.6) is 0 Å². The van der Waals surface area contributed by atoms with E-state index in [0.717, 1.165) is 38.5 Å². The van der Waals surface area contributed by atoms with Crippen LogP contribution in [0.2, 0.25) is 0 Å². The van der Waals surface area contributed by atoms with Crippen LogP contribution in [0, 0.1) is 11.3 Å². The Labute approximate surface area is 114 Å². The van der Waals surface area contributed by atoms with Gasteiger partial charge in [0.25, 0.3) is 0 Å². The van der Waals surface area contributed by atoms with Gasteiger partial charge in [0.1, 0.15) is 6.10 Å². The van der Waals surface area contributed by atoms with E-state index in [9.17, 15) is 4.79 Å². The Morgan fingerprint density at radius 3 is 2.74 bits per heavy atom. The summed E-state index contributed by atoms with van der Waals surface area (Å²) < 4.78 is 5.29. The molecule has 1 aromatic carbocycles. The lowest BCUT2D eigenvalue weighted by molar-refractivity contribution is -0.154. The monoisotopic (exact) mass is 257 g/mol. The summed E-state index contributed by atoms with van der Waals surface area (Å²) >= 11 is 0. The Balaban J connectivity index is 1.66. The Bertz CT molecular complexity index is 459. The summed E-state index contributed by atoms with van der Waals surface area (Å²) in [7, 11) is 0. The van der Waals surface area contributed by atoms with Crippen molar-refractivity contribution in [3.63, 3.8) is 0 Å². The molecule has 1 aliphatic rings. The molecule has 2 rings (SSSR count). The average molecular weight is 257 g/mol. The minimum Gasteiger partial charge on any atom is -0.462 e. The maximum atomic E-state index is 11.1. The second-order valence-corrected chi connectivity index (χ2v) is 5.06. The summed E-state index contributed by atoms with van der Waals surface area (Å²) in [6.07, 6.45) is 6.89. The molecular weight excluding hydrogens is 238 g/mol. The SMILES string of the molecule is N#Cc1ccc(CCCCC2CCCC(=O)O2)cc1. The first-order valence-corrected chi connectivity index (χ1v) is 6.96. The highest BCUT2D eigenvalue weighted by Gasteiger charge is 2.19. The molecular formula is C16H19NO2. The van der Waals surface area contributed by atoms with Crippen LogP contribution in [0.15, 0.2) is 24.3 Å². The zero-order valence-electron chi connectivity index (χ0n) is 11.1. The Morgan fingerprint density at radius 2 is 2.05 bits per heavy atom. The van der Waals surface area contributed by atoms with Crippen molar-refractivity contribution >= 4 is 5.97 Å². The fourth-order valence-corrected chi connectivity index (χ4v) is 2.43. The van der Waals surface area contributed by atoms with E-state index in [1.165, 1.54) is 5.56 Å². The van der Waals surface area contributed by atoms with Gasteiger partial charge in [0, 0.05) is 6.42 Å². The molecule has 0 bridgehead atoms. The Morgan fingerprint density at radius 1 is 1.26 bits per heavy atom. The number of cyclic esters (lactones) is 1. The van der Waals surface area contributed by atoms with E-state index in [2.05, 4.69) is 6.07 Å². The standard InChI is InChI=1S/C16H19NO2/c17-12-14-10-8-13(9-11-14)4-1-2-5-15-6-3-7-16(18)19-15/h8-11,15H,1-7H2. The van der Waals surface area contributed by atoms with Gasteiger partial charge in [-0.15, -0.1) is 0 Å². The second-order valence-electron chi connectivity index (χ2n) is 5.06. The van der Waals surface area contributed by atoms with Crippen LogP contribution in [0.25, 0.3) is 0 Å². The fourth-order valence-electron chi connectivity index (χ4n) is 2.43. The van der Waals surface area contributed by atoms with Crippen molar-refractivity contribution < 1.29 is 9.53 Å². The Hall–Kier alpha value is -1.82. The molecule has 0 N–H and O–H groups in total. The number of nitriles is 1. The molecule has 19 heavy (non-hydrogen) atoms. The largest absolute Gasteiger partial charge is 0.462 e. The smallest absolute Gasteiger partial charge is 0.306 e. The van der Waals surface area contributed by atoms with E-state index in [4.69, 9.17) is 10.00 Å². The molecule has 0 spiro atoms. The first kappa shape index (κ1) is 13.6. The van der Waals surface area contributed by atoms with Crippen molar-refractivity contribution in [3.05, 3.63) is 35.4 Å². The average Bonchev–Trinajstić information content (AvgIpc) is 2.44. The predicted molar refractivity (Wildman–Crippen MR) is 72.4 cm³/mol. The molecule has 0 aliphatic carbocycles. The molecule has 100 valence electrons. The molecule has 0 saturated carbocycles. The number of ether oxygens (including phenoxy) is 1. The van der Waals surface area contributed by atoms with Gasteiger partial charge in [-0.3, -0.25) is 4.79 Å². The number of unbranched alkanes of at least 4 members (excludes halogenated alkanes) is 1. The molecule has 3 nitrogen and oxygen atoms in total. The van der Waals surface area contributed by atoms with Gasteiger partial charge in [-0.05, 0) is 56.2 Å². The molecule has 0 radical (unpaired) electrons. The summed E-state index contributed by atoms with van der Waals surface area (Å²) in [6, 6.07) is 9.87. The van der Waals surface area contributed by atoms with Gasteiger partial charge in [-0.1, -0.05) is 12.1 Å². The summed E-state index contributed by atoms with van der Waals surface area (Å²) in [6.45, 7) is 0. The minimum absolute atomic E-state index is 0.0386. The number of carbonyl (C=O) groups is 1. The van der Waals surface area contributed by atoms with Gasteiger partial charge in [0.05, 0.1) is 11.6 Å². The van der Waals surface area contributed by atoms with Crippen molar-refractivity contribution in [1.82, 2.24) is 0 Å². The number of carbonyl (C=O) groups excluding carboxylic acids is 1. The zero-order valence-corrected chi connectivity index (χ0v) is 11.1. The Kier molecular flexibility index (Phi) is 4.97. The number of nitrogens with zero attached hydrogens (tertiary/aromatic N) is 1. The van der Waals surface area contributed by atoms with E-state index in [1.807, 2.05) is 24.3 Å². The maximum absolute atomic E-state index is 11.1. The molecule has 0 amide bonds. The van der Waals surface area contributed by atoms with Crippen molar-refractivity contribution in [2.75, 3.05) is 0 Å². The predicted octanol–water partition coefficient (Wildman–Crippen LogP) is 3.37. The number of hydrogen-bond acceptors (Lipinski definition) is 3. The lowest BCUT2D eigenvalue weighted by Gasteiger charge is -2.22. The topological polar surface area (TPSA) is 50.1 Å². The molecule has 1 atom stereocenters. The van der Waals surface area contributed by atoms with E-state index in [0.29, 0.717) is 12.0 Å². The second kappa shape index (κ2) is 6.94. The summed E-state index contributed by atoms with van der Waals surface area (Å²) in [5.74, 6) is -0.0386. The van der Waals surface area contributed by atoms with E-state index < -0.39 is 0 Å². The van der Waals surface area contributed by atoms with Gasteiger partial charge < -0.3 is 4.74 Å². The molecule has 1 fully saturated rings. The summed E-state index contributed by atoms with van der Waals surface area (Å²) in [5.41, 5.74) is 1.97. The number of aryl methyl sites for hydroxylation is 1.